The summed E-state index contributed by atoms with van der Waals surface area (Å²) in [6.07, 6.45) is 1.86. The average molecular weight is 186 g/mol. The van der Waals surface area contributed by atoms with Gasteiger partial charge in [-0.05, 0) is 24.7 Å². The van der Waals surface area contributed by atoms with Crippen molar-refractivity contribution in [1.29, 1.82) is 0 Å². The van der Waals surface area contributed by atoms with E-state index in [0.717, 1.165) is 12.8 Å². The summed E-state index contributed by atoms with van der Waals surface area (Å²) in [4.78, 5) is 10.9. The quantitative estimate of drug-likeness (QED) is 0.715. The highest BCUT2D eigenvalue weighted by Crippen LogP contribution is 2.35. The van der Waals surface area contributed by atoms with E-state index in [9.17, 15) is 4.79 Å². The molecule has 3 heteroatoms. The summed E-state index contributed by atoms with van der Waals surface area (Å²) in [5, 5.41) is 8.94. The first-order chi connectivity index (χ1) is 6.07. The van der Waals surface area contributed by atoms with Gasteiger partial charge in [-0.1, -0.05) is 13.8 Å². The highest BCUT2D eigenvalue weighted by molar-refractivity contribution is 5.70. The van der Waals surface area contributed by atoms with Gasteiger partial charge in [0.2, 0.25) is 0 Å². The van der Waals surface area contributed by atoms with Gasteiger partial charge in [-0.2, -0.15) is 0 Å². The van der Waals surface area contributed by atoms with Gasteiger partial charge in [0.1, 0.15) is 0 Å². The molecule has 0 aromatic carbocycles. The van der Waals surface area contributed by atoms with Crippen LogP contribution in [0, 0.1) is 17.8 Å². The molecular formula is C10H18O3. The summed E-state index contributed by atoms with van der Waals surface area (Å²) in [5.74, 6) is -0.272. The summed E-state index contributed by atoms with van der Waals surface area (Å²) in [5.41, 5.74) is 0. The van der Waals surface area contributed by atoms with Gasteiger partial charge in [0, 0.05) is 7.11 Å². The van der Waals surface area contributed by atoms with Crippen molar-refractivity contribution in [2.24, 2.45) is 17.8 Å². The summed E-state index contributed by atoms with van der Waals surface area (Å²) < 4.78 is 5.31. The molecule has 0 heterocycles. The maximum absolute atomic E-state index is 10.9. The van der Waals surface area contributed by atoms with Gasteiger partial charge in [0.05, 0.1) is 12.0 Å². The topological polar surface area (TPSA) is 46.5 Å². The smallest absolute Gasteiger partial charge is 0.306 e. The minimum atomic E-state index is -0.658. The SMILES string of the molecule is CO[C@@H]1CCC(C(=O)O)C(C)[C@@H]1C. The van der Waals surface area contributed by atoms with Crippen molar-refractivity contribution < 1.29 is 14.6 Å². The highest BCUT2D eigenvalue weighted by Gasteiger charge is 2.37. The predicted molar refractivity (Wildman–Crippen MR) is 49.5 cm³/mol. The summed E-state index contributed by atoms with van der Waals surface area (Å²) in [6.45, 7) is 4.09. The molecule has 1 N–H and O–H groups in total. The first-order valence-electron chi connectivity index (χ1n) is 4.83. The Morgan fingerprint density at radius 3 is 2.38 bits per heavy atom. The van der Waals surface area contributed by atoms with Gasteiger partial charge < -0.3 is 9.84 Å². The Morgan fingerprint density at radius 2 is 1.92 bits per heavy atom. The van der Waals surface area contributed by atoms with Crippen LogP contribution in [0.3, 0.4) is 0 Å². The van der Waals surface area contributed by atoms with E-state index in [1.807, 2.05) is 6.92 Å². The van der Waals surface area contributed by atoms with Crippen molar-refractivity contribution in [2.45, 2.75) is 32.8 Å². The van der Waals surface area contributed by atoms with Crippen LogP contribution >= 0.6 is 0 Å². The Morgan fingerprint density at radius 1 is 1.31 bits per heavy atom. The van der Waals surface area contributed by atoms with Gasteiger partial charge in [-0.25, -0.2) is 0 Å². The molecule has 0 saturated heterocycles. The Hall–Kier alpha value is -0.570. The Kier molecular flexibility index (Phi) is 3.31. The van der Waals surface area contributed by atoms with E-state index in [1.54, 1.807) is 7.11 Å². The second-order valence-corrected chi connectivity index (χ2v) is 4.01. The molecule has 0 bridgehead atoms. The van der Waals surface area contributed by atoms with E-state index < -0.39 is 5.97 Å². The standard InChI is InChI=1S/C10H18O3/c1-6-7(2)9(13-3)5-4-8(6)10(11)12/h6-9H,4-5H2,1-3H3,(H,11,12)/t6?,7-,8?,9+/m0/s1. The van der Waals surface area contributed by atoms with Gasteiger partial charge in [-0.3, -0.25) is 4.79 Å². The molecule has 13 heavy (non-hydrogen) atoms. The normalized spacial score (nSPS) is 40.2. The molecule has 2 unspecified atom stereocenters. The number of hydrogen-bond acceptors (Lipinski definition) is 2. The van der Waals surface area contributed by atoms with Crippen LogP contribution in [0.15, 0.2) is 0 Å². The highest BCUT2D eigenvalue weighted by atomic mass is 16.5. The van der Waals surface area contributed by atoms with Crippen LogP contribution in [0.4, 0.5) is 0 Å². The molecule has 3 nitrogen and oxygen atoms in total. The third-order valence-electron chi connectivity index (χ3n) is 3.43. The fourth-order valence-corrected chi connectivity index (χ4v) is 2.26. The monoisotopic (exact) mass is 186 g/mol. The molecule has 1 aliphatic rings. The van der Waals surface area contributed by atoms with Crippen LogP contribution in [-0.2, 0) is 9.53 Å². The van der Waals surface area contributed by atoms with Crippen molar-refractivity contribution in [2.75, 3.05) is 7.11 Å². The van der Waals surface area contributed by atoms with E-state index in [0.29, 0.717) is 5.92 Å². The fraction of sp³-hybridized carbons (Fsp3) is 0.900. The van der Waals surface area contributed by atoms with E-state index in [1.165, 1.54) is 0 Å². The van der Waals surface area contributed by atoms with Gasteiger partial charge in [-0.15, -0.1) is 0 Å². The lowest BCUT2D eigenvalue weighted by Crippen LogP contribution is -2.39. The number of aliphatic carboxylic acids is 1. The average Bonchev–Trinajstić information content (AvgIpc) is 2.09. The minimum absolute atomic E-state index is 0.179. The summed E-state index contributed by atoms with van der Waals surface area (Å²) >= 11 is 0. The molecule has 0 aromatic rings. The maximum atomic E-state index is 10.9. The van der Waals surface area contributed by atoms with Crippen LogP contribution < -0.4 is 0 Å². The number of carboxylic acids is 1. The third kappa shape index (κ3) is 2.02. The van der Waals surface area contributed by atoms with Crippen LogP contribution in [0.2, 0.25) is 0 Å². The summed E-state index contributed by atoms with van der Waals surface area (Å²) in [7, 11) is 1.70. The zero-order chi connectivity index (χ0) is 10.0. The Labute approximate surface area is 79.1 Å². The van der Waals surface area contributed by atoms with Crippen LogP contribution in [0.25, 0.3) is 0 Å². The molecule has 1 saturated carbocycles. The molecular weight excluding hydrogens is 168 g/mol. The van der Waals surface area contributed by atoms with Gasteiger partial charge in [0.25, 0.3) is 0 Å². The largest absolute Gasteiger partial charge is 0.481 e. The lowest BCUT2D eigenvalue weighted by atomic mass is 9.72. The van der Waals surface area contributed by atoms with E-state index >= 15 is 0 Å². The molecule has 1 rings (SSSR count). The number of ether oxygens (including phenoxy) is 1. The van der Waals surface area contributed by atoms with Crippen LogP contribution in [0.1, 0.15) is 26.7 Å². The first kappa shape index (κ1) is 10.5. The Bertz CT molecular complexity index is 191. The molecule has 76 valence electrons. The predicted octanol–water partition coefficient (Wildman–Crippen LogP) is 1.77. The molecule has 4 atom stereocenters. The maximum Gasteiger partial charge on any atom is 0.306 e. The second kappa shape index (κ2) is 4.09. The molecule has 1 fully saturated rings. The first-order valence-corrected chi connectivity index (χ1v) is 4.83. The van der Waals surface area contributed by atoms with Crippen molar-refractivity contribution in [1.82, 2.24) is 0 Å². The van der Waals surface area contributed by atoms with Gasteiger partial charge >= 0.3 is 5.97 Å². The second-order valence-electron chi connectivity index (χ2n) is 4.01. The van der Waals surface area contributed by atoms with Crippen molar-refractivity contribution >= 4 is 5.97 Å². The molecule has 0 aliphatic heterocycles. The number of carboxylic acid groups (broad SMARTS) is 1. The fourth-order valence-electron chi connectivity index (χ4n) is 2.26. The summed E-state index contributed by atoms with van der Waals surface area (Å²) in [6, 6.07) is 0. The number of carbonyl (C=O) groups is 1. The van der Waals surface area contributed by atoms with Crippen LogP contribution in [-0.4, -0.2) is 24.3 Å². The van der Waals surface area contributed by atoms with Crippen molar-refractivity contribution in [3.05, 3.63) is 0 Å². The molecule has 0 spiro atoms. The Balaban J connectivity index is 2.64. The molecule has 0 amide bonds. The van der Waals surface area contributed by atoms with Gasteiger partial charge in [0.15, 0.2) is 0 Å². The zero-order valence-corrected chi connectivity index (χ0v) is 8.49. The third-order valence-corrected chi connectivity index (χ3v) is 3.43. The number of methoxy groups -OCH3 is 1. The lowest BCUT2D eigenvalue weighted by molar-refractivity contribution is -0.148. The van der Waals surface area contributed by atoms with E-state index in [-0.39, 0.29) is 17.9 Å². The van der Waals surface area contributed by atoms with E-state index in [4.69, 9.17) is 9.84 Å². The van der Waals surface area contributed by atoms with Crippen molar-refractivity contribution in [3.8, 4) is 0 Å². The number of hydrogen-bond donors (Lipinski definition) is 1. The molecule has 0 radical (unpaired) electrons. The number of rotatable bonds is 2. The molecule has 1 aliphatic carbocycles. The molecule has 0 aromatic heterocycles. The minimum Gasteiger partial charge on any atom is -0.481 e. The van der Waals surface area contributed by atoms with Crippen LogP contribution in [0.5, 0.6) is 0 Å². The van der Waals surface area contributed by atoms with E-state index in [2.05, 4.69) is 6.92 Å². The zero-order valence-electron chi connectivity index (χ0n) is 8.49. The lowest BCUT2D eigenvalue weighted by Gasteiger charge is -2.37. The van der Waals surface area contributed by atoms with Crippen molar-refractivity contribution in [3.63, 3.8) is 0 Å².